The second-order valence-corrected chi connectivity index (χ2v) is 8.67. The summed E-state index contributed by atoms with van der Waals surface area (Å²) >= 11 is 0. The first-order valence-corrected chi connectivity index (χ1v) is 12.0. The van der Waals surface area contributed by atoms with Gasteiger partial charge in [0, 0.05) is 18.7 Å². The van der Waals surface area contributed by atoms with Crippen molar-refractivity contribution in [3.8, 4) is 17.6 Å². The summed E-state index contributed by atoms with van der Waals surface area (Å²) < 4.78 is 45.0. The Morgan fingerprint density at radius 3 is 2.41 bits per heavy atom. The van der Waals surface area contributed by atoms with Gasteiger partial charge in [-0.15, -0.1) is 0 Å². The molecule has 2 aromatic rings. The maximum Gasteiger partial charge on any atom is 0.346 e. The molecule has 2 aromatic carbocycles. The lowest BCUT2D eigenvalue weighted by molar-refractivity contribution is 0.0111. The van der Waals surface area contributed by atoms with Crippen molar-refractivity contribution in [1.29, 1.82) is 5.26 Å². The van der Waals surface area contributed by atoms with E-state index in [9.17, 15) is 13.6 Å². The number of benzene rings is 2. The van der Waals surface area contributed by atoms with Gasteiger partial charge >= 0.3 is 5.97 Å². The highest BCUT2D eigenvalue weighted by atomic mass is 19.1. The number of hydrogen-bond acceptors (Lipinski definition) is 5. The molecule has 0 bridgehead atoms. The second kappa shape index (κ2) is 13.0. The predicted octanol–water partition coefficient (Wildman–Crippen LogP) is 6.59. The van der Waals surface area contributed by atoms with Crippen molar-refractivity contribution in [3.63, 3.8) is 0 Å². The third kappa shape index (κ3) is 7.53. The van der Waals surface area contributed by atoms with Crippen LogP contribution in [0.5, 0.6) is 11.5 Å². The van der Waals surface area contributed by atoms with Crippen LogP contribution in [-0.2, 0) is 4.74 Å². The van der Waals surface area contributed by atoms with Crippen molar-refractivity contribution in [2.75, 3.05) is 13.2 Å². The Morgan fingerprint density at radius 2 is 1.74 bits per heavy atom. The Bertz CT molecular complexity index is 997. The lowest BCUT2D eigenvalue weighted by Crippen LogP contribution is -2.25. The SMILES string of the molecule is CCCCCCO[C@H]1CC[C@H](COc2ccc(C(=O)Oc3ccc(C#N)c(F)c3)c(F)c2)CC1. The summed E-state index contributed by atoms with van der Waals surface area (Å²) in [5.74, 6) is -1.93. The zero-order valence-electron chi connectivity index (χ0n) is 19.5. The number of rotatable bonds is 11. The summed E-state index contributed by atoms with van der Waals surface area (Å²) in [5, 5.41) is 8.76. The molecule has 1 aliphatic rings. The van der Waals surface area contributed by atoms with E-state index in [1.807, 2.05) is 0 Å². The molecule has 0 spiro atoms. The third-order valence-corrected chi connectivity index (χ3v) is 6.06. The zero-order chi connectivity index (χ0) is 24.3. The summed E-state index contributed by atoms with van der Waals surface area (Å²) in [7, 11) is 0. The van der Waals surface area contributed by atoms with Crippen LogP contribution in [0.1, 0.15) is 74.2 Å². The number of esters is 1. The molecule has 0 N–H and O–H groups in total. The number of hydrogen-bond donors (Lipinski definition) is 0. The monoisotopic (exact) mass is 471 g/mol. The lowest BCUT2D eigenvalue weighted by Gasteiger charge is -2.28. The molecule has 7 heteroatoms. The highest BCUT2D eigenvalue weighted by molar-refractivity contribution is 5.91. The van der Waals surface area contributed by atoms with Crippen LogP contribution in [0.15, 0.2) is 36.4 Å². The molecule has 0 amide bonds. The van der Waals surface area contributed by atoms with Crippen LogP contribution in [0.4, 0.5) is 8.78 Å². The second-order valence-electron chi connectivity index (χ2n) is 8.67. The molecule has 3 rings (SSSR count). The van der Waals surface area contributed by atoms with Crippen LogP contribution in [-0.4, -0.2) is 25.3 Å². The van der Waals surface area contributed by atoms with E-state index in [4.69, 9.17) is 19.5 Å². The molecule has 0 unspecified atom stereocenters. The van der Waals surface area contributed by atoms with E-state index < -0.39 is 17.6 Å². The van der Waals surface area contributed by atoms with Gasteiger partial charge in [0.05, 0.1) is 23.8 Å². The molecular weight excluding hydrogens is 440 g/mol. The Labute approximate surface area is 199 Å². The van der Waals surface area contributed by atoms with Crippen molar-refractivity contribution in [1.82, 2.24) is 0 Å². The van der Waals surface area contributed by atoms with Crippen LogP contribution in [0, 0.1) is 28.9 Å². The van der Waals surface area contributed by atoms with Crippen LogP contribution >= 0.6 is 0 Å². The summed E-state index contributed by atoms with van der Waals surface area (Å²) in [6.45, 7) is 3.51. The number of ether oxygens (including phenoxy) is 3. The molecule has 34 heavy (non-hydrogen) atoms. The van der Waals surface area contributed by atoms with E-state index in [1.165, 1.54) is 43.5 Å². The van der Waals surface area contributed by atoms with E-state index in [0.717, 1.165) is 50.8 Å². The maximum atomic E-state index is 14.5. The minimum Gasteiger partial charge on any atom is -0.493 e. The fourth-order valence-electron chi connectivity index (χ4n) is 4.02. The number of unbranched alkanes of at least 4 members (excludes halogenated alkanes) is 3. The molecule has 0 radical (unpaired) electrons. The van der Waals surface area contributed by atoms with Crippen LogP contribution < -0.4 is 9.47 Å². The van der Waals surface area contributed by atoms with E-state index >= 15 is 0 Å². The molecule has 1 saturated carbocycles. The quantitative estimate of drug-likeness (QED) is 0.210. The van der Waals surface area contributed by atoms with E-state index in [1.54, 1.807) is 6.07 Å². The van der Waals surface area contributed by atoms with Gasteiger partial charge in [0.25, 0.3) is 0 Å². The fourth-order valence-corrected chi connectivity index (χ4v) is 4.02. The lowest BCUT2D eigenvalue weighted by atomic mass is 9.88. The highest BCUT2D eigenvalue weighted by Gasteiger charge is 2.22. The van der Waals surface area contributed by atoms with Gasteiger partial charge in [0.2, 0.25) is 0 Å². The largest absolute Gasteiger partial charge is 0.493 e. The van der Waals surface area contributed by atoms with Crippen LogP contribution in [0.25, 0.3) is 0 Å². The minimum atomic E-state index is -0.957. The normalized spacial score (nSPS) is 17.7. The van der Waals surface area contributed by atoms with Gasteiger partial charge < -0.3 is 14.2 Å². The van der Waals surface area contributed by atoms with Gasteiger partial charge in [0.15, 0.2) is 0 Å². The molecule has 1 aliphatic carbocycles. The first-order valence-electron chi connectivity index (χ1n) is 12.0. The first-order chi connectivity index (χ1) is 16.5. The average molecular weight is 472 g/mol. The number of nitrogens with zero attached hydrogens (tertiary/aromatic N) is 1. The Kier molecular flexibility index (Phi) is 9.84. The Hall–Kier alpha value is -2.98. The average Bonchev–Trinajstić information content (AvgIpc) is 2.83. The Balaban J connectivity index is 1.43. The fraction of sp³-hybridized carbons (Fsp3) is 0.481. The summed E-state index contributed by atoms with van der Waals surface area (Å²) in [6.07, 6.45) is 9.19. The molecular formula is C27H31F2NO4. The van der Waals surface area contributed by atoms with Crippen molar-refractivity contribution < 1.29 is 27.8 Å². The van der Waals surface area contributed by atoms with Gasteiger partial charge in [0.1, 0.15) is 29.2 Å². The van der Waals surface area contributed by atoms with Crippen molar-refractivity contribution >= 4 is 5.97 Å². The number of nitriles is 1. The topological polar surface area (TPSA) is 68.6 Å². The zero-order valence-corrected chi connectivity index (χ0v) is 19.5. The number of carbonyl (C=O) groups excluding carboxylic acids is 1. The maximum absolute atomic E-state index is 14.5. The standard InChI is InChI=1S/C27H31F2NO4/c1-2-3-4-5-14-32-21-9-6-19(7-10-21)18-33-22-12-13-24(26(29)15-22)27(31)34-23-11-8-20(17-30)25(28)16-23/h8,11-13,15-16,19,21H,2-7,9-10,14,18H2,1H3/t19-,21-. The third-order valence-electron chi connectivity index (χ3n) is 6.06. The summed E-state index contributed by atoms with van der Waals surface area (Å²) in [6, 6.07) is 9.03. The van der Waals surface area contributed by atoms with Gasteiger partial charge in [-0.2, -0.15) is 5.26 Å². The van der Waals surface area contributed by atoms with E-state index in [0.29, 0.717) is 24.4 Å². The molecule has 1 fully saturated rings. The molecule has 0 aromatic heterocycles. The molecule has 182 valence electrons. The molecule has 5 nitrogen and oxygen atoms in total. The molecule has 0 aliphatic heterocycles. The van der Waals surface area contributed by atoms with Crippen molar-refractivity contribution in [2.24, 2.45) is 5.92 Å². The summed E-state index contributed by atoms with van der Waals surface area (Å²) in [5.41, 5.74) is -0.454. The first kappa shape index (κ1) is 25.6. The Morgan fingerprint density at radius 1 is 1.00 bits per heavy atom. The van der Waals surface area contributed by atoms with Crippen molar-refractivity contribution in [2.45, 2.75) is 64.4 Å². The minimum absolute atomic E-state index is 0.109. The smallest absolute Gasteiger partial charge is 0.346 e. The predicted molar refractivity (Wildman–Crippen MR) is 124 cm³/mol. The number of carbonyl (C=O) groups is 1. The number of halogens is 2. The van der Waals surface area contributed by atoms with Gasteiger partial charge in [-0.1, -0.05) is 26.2 Å². The van der Waals surface area contributed by atoms with Gasteiger partial charge in [-0.25, -0.2) is 13.6 Å². The van der Waals surface area contributed by atoms with E-state index in [-0.39, 0.29) is 16.9 Å². The highest BCUT2D eigenvalue weighted by Crippen LogP contribution is 2.28. The van der Waals surface area contributed by atoms with Gasteiger partial charge in [-0.3, -0.25) is 0 Å². The van der Waals surface area contributed by atoms with Crippen LogP contribution in [0.2, 0.25) is 0 Å². The van der Waals surface area contributed by atoms with Crippen molar-refractivity contribution in [3.05, 3.63) is 59.2 Å². The van der Waals surface area contributed by atoms with E-state index in [2.05, 4.69) is 6.92 Å². The molecule has 0 atom stereocenters. The van der Waals surface area contributed by atoms with Crippen LogP contribution in [0.3, 0.4) is 0 Å². The van der Waals surface area contributed by atoms with Gasteiger partial charge in [-0.05, 0) is 62.3 Å². The molecule has 0 saturated heterocycles. The molecule has 0 heterocycles. The summed E-state index contributed by atoms with van der Waals surface area (Å²) in [4.78, 5) is 12.3.